The molecule has 33 heavy (non-hydrogen) atoms. The van der Waals surface area contributed by atoms with E-state index >= 15 is 0 Å². The third-order valence-electron chi connectivity index (χ3n) is 5.62. The van der Waals surface area contributed by atoms with Gasteiger partial charge in [-0.3, -0.25) is 14.4 Å². The number of thiophene rings is 1. The number of hydrogen-bond donors (Lipinski definition) is 0. The lowest BCUT2D eigenvalue weighted by molar-refractivity contribution is -0.149. The molecule has 3 aromatic rings. The van der Waals surface area contributed by atoms with E-state index in [0.29, 0.717) is 5.69 Å². The van der Waals surface area contributed by atoms with E-state index in [4.69, 9.17) is 4.74 Å². The van der Waals surface area contributed by atoms with Crippen LogP contribution in [0, 0.1) is 24.5 Å². The van der Waals surface area contributed by atoms with Gasteiger partial charge in [-0.25, -0.2) is 8.78 Å². The van der Waals surface area contributed by atoms with E-state index in [-0.39, 0.29) is 18.7 Å². The zero-order valence-corrected chi connectivity index (χ0v) is 18.6. The molecule has 0 aliphatic carbocycles. The summed E-state index contributed by atoms with van der Waals surface area (Å²) < 4.78 is 32.5. The number of esters is 1. The van der Waals surface area contributed by atoms with Gasteiger partial charge in [0.25, 0.3) is 0 Å². The molecule has 1 saturated heterocycles. The highest BCUT2D eigenvalue weighted by Gasteiger charge is 2.43. The van der Waals surface area contributed by atoms with Crippen molar-refractivity contribution in [1.82, 2.24) is 0 Å². The molecular weight excluding hydrogens is 448 g/mol. The van der Waals surface area contributed by atoms with Crippen LogP contribution < -0.4 is 4.90 Å². The number of nitrogens with zero attached hydrogens (tertiary/aromatic N) is 1. The second-order valence-electron chi connectivity index (χ2n) is 7.86. The average molecular weight is 470 g/mol. The molecule has 1 aromatic heterocycles. The summed E-state index contributed by atoms with van der Waals surface area (Å²) in [5, 5.41) is 1.86. The molecule has 1 aliphatic heterocycles. The number of anilines is 1. The average Bonchev–Trinajstić information content (AvgIpc) is 3.34. The molecule has 5 nitrogen and oxygen atoms in total. The van der Waals surface area contributed by atoms with Gasteiger partial charge in [0.05, 0.1) is 17.5 Å². The largest absolute Gasteiger partial charge is 0.457 e. The number of carbonyl (C=O) groups excluding carboxylic acids is 3. The second-order valence-corrected chi connectivity index (χ2v) is 8.84. The summed E-state index contributed by atoms with van der Waals surface area (Å²) in [5.41, 5.74) is 1.23. The van der Waals surface area contributed by atoms with E-state index in [9.17, 15) is 23.2 Å². The summed E-state index contributed by atoms with van der Waals surface area (Å²) in [6, 6.07) is 13.1. The number of piperidine rings is 1. The number of carbonyl (C=O) groups is 3. The highest BCUT2D eigenvalue weighted by molar-refractivity contribution is 7.10. The fourth-order valence-corrected chi connectivity index (χ4v) is 4.85. The highest BCUT2D eigenvalue weighted by atomic mass is 32.1. The number of Topliss-reactive ketones (excluding diaryl/α,β-unsaturated/α-hetero) is 1. The van der Waals surface area contributed by atoms with E-state index in [0.717, 1.165) is 28.6 Å². The number of halogens is 2. The van der Waals surface area contributed by atoms with Gasteiger partial charge in [-0.05, 0) is 55.1 Å². The lowest BCUT2D eigenvalue weighted by Crippen LogP contribution is -2.46. The van der Waals surface area contributed by atoms with E-state index in [1.165, 1.54) is 11.3 Å². The quantitative estimate of drug-likeness (QED) is 0.366. The van der Waals surface area contributed by atoms with Crippen LogP contribution >= 0.6 is 11.3 Å². The van der Waals surface area contributed by atoms with Crippen LogP contribution in [0.3, 0.4) is 0 Å². The van der Waals surface area contributed by atoms with Crippen molar-refractivity contribution in [3.63, 3.8) is 0 Å². The molecule has 0 N–H and O–H groups in total. The van der Waals surface area contributed by atoms with Crippen LogP contribution in [0.1, 0.15) is 39.7 Å². The van der Waals surface area contributed by atoms with Crippen LogP contribution in [0.25, 0.3) is 0 Å². The predicted octanol–water partition coefficient (Wildman–Crippen LogP) is 5.25. The number of rotatable bonds is 6. The Labute approximate surface area is 193 Å². The van der Waals surface area contributed by atoms with Crippen LogP contribution in [0.5, 0.6) is 0 Å². The fourth-order valence-electron chi connectivity index (χ4n) is 3.97. The monoisotopic (exact) mass is 469 g/mol. The maximum atomic E-state index is 13.9. The Balaban J connectivity index is 1.58. The molecule has 1 amide bonds. The highest BCUT2D eigenvalue weighted by Crippen LogP contribution is 2.42. The maximum absolute atomic E-state index is 13.9. The van der Waals surface area contributed by atoms with Crippen molar-refractivity contribution in [3.8, 4) is 0 Å². The minimum Gasteiger partial charge on any atom is -0.457 e. The molecule has 0 bridgehead atoms. The number of hydrogen-bond acceptors (Lipinski definition) is 5. The van der Waals surface area contributed by atoms with Gasteiger partial charge < -0.3 is 9.64 Å². The van der Waals surface area contributed by atoms with E-state index in [1.54, 1.807) is 4.90 Å². The first-order chi connectivity index (χ1) is 15.8. The Morgan fingerprint density at radius 2 is 1.88 bits per heavy atom. The van der Waals surface area contributed by atoms with Crippen molar-refractivity contribution in [3.05, 3.63) is 87.6 Å². The van der Waals surface area contributed by atoms with Gasteiger partial charge in [0.15, 0.2) is 6.61 Å². The third kappa shape index (κ3) is 4.85. The molecule has 170 valence electrons. The molecule has 2 heterocycles. The number of benzene rings is 2. The van der Waals surface area contributed by atoms with Gasteiger partial charge in [-0.2, -0.15) is 0 Å². The van der Waals surface area contributed by atoms with Gasteiger partial charge in [0, 0.05) is 17.0 Å². The van der Waals surface area contributed by atoms with Crippen molar-refractivity contribution in [1.29, 1.82) is 0 Å². The predicted molar refractivity (Wildman–Crippen MR) is 120 cm³/mol. The van der Waals surface area contributed by atoms with Gasteiger partial charge in [-0.15, -0.1) is 11.3 Å². The maximum Gasteiger partial charge on any atom is 0.311 e. The van der Waals surface area contributed by atoms with Gasteiger partial charge in [0.2, 0.25) is 11.7 Å². The Bertz CT molecular complexity index is 1180. The lowest BCUT2D eigenvalue weighted by Gasteiger charge is -2.39. The summed E-state index contributed by atoms with van der Waals surface area (Å²) in [6.45, 7) is 1.22. The molecule has 2 atom stereocenters. The smallest absolute Gasteiger partial charge is 0.311 e. The summed E-state index contributed by atoms with van der Waals surface area (Å²) in [7, 11) is 0. The number of ketones is 1. The van der Waals surface area contributed by atoms with Gasteiger partial charge in [-0.1, -0.05) is 23.8 Å². The summed E-state index contributed by atoms with van der Waals surface area (Å²) >= 11 is 1.42. The second kappa shape index (κ2) is 9.62. The van der Waals surface area contributed by atoms with Gasteiger partial charge in [0.1, 0.15) is 11.6 Å². The zero-order valence-electron chi connectivity index (χ0n) is 17.8. The van der Waals surface area contributed by atoms with Crippen molar-refractivity contribution >= 4 is 34.7 Å². The molecule has 0 spiro atoms. The van der Waals surface area contributed by atoms with E-state index < -0.39 is 47.5 Å². The topological polar surface area (TPSA) is 63.7 Å². The molecular formula is C25H21F2NO4S. The summed E-state index contributed by atoms with van der Waals surface area (Å²) in [4.78, 5) is 40.7. The zero-order chi connectivity index (χ0) is 23.5. The van der Waals surface area contributed by atoms with E-state index in [1.807, 2.05) is 48.7 Å². The Morgan fingerprint density at radius 1 is 1.12 bits per heavy atom. The standard InChI is InChI=1S/C25H21F2NO4S/c1-15-4-7-17(8-5-15)28-23(30)11-9-18(24(28)22-3-2-12-33-22)25(31)32-14-21(29)19-13-16(26)6-10-20(19)27/h2-8,10,12-13,18,24H,9,11,14H2,1H3. The first kappa shape index (κ1) is 22.8. The van der Waals surface area contributed by atoms with Crippen LogP contribution in [0.2, 0.25) is 0 Å². The number of ether oxygens (including phenoxy) is 1. The molecule has 1 fully saturated rings. The number of amides is 1. The van der Waals surface area contributed by atoms with Crippen molar-refractivity contribution < 1.29 is 27.9 Å². The molecule has 2 aromatic carbocycles. The SMILES string of the molecule is Cc1ccc(N2C(=O)CCC(C(=O)OCC(=O)c3cc(F)ccc3F)C2c2cccs2)cc1. The van der Waals surface area contributed by atoms with Crippen LogP contribution in [-0.2, 0) is 14.3 Å². The van der Waals surface area contributed by atoms with E-state index in [2.05, 4.69) is 0 Å². The minimum atomic E-state index is -0.886. The van der Waals surface area contributed by atoms with Gasteiger partial charge >= 0.3 is 5.97 Å². The normalized spacial score (nSPS) is 18.3. The Morgan fingerprint density at radius 3 is 2.58 bits per heavy atom. The Hall–Kier alpha value is -3.39. The van der Waals surface area contributed by atoms with Crippen LogP contribution in [-0.4, -0.2) is 24.3 Å². The van der Waals surface area contributed by atoms with Crippen molar-refractivity contribution in [2.75, 3.05) is 11.5 Å². The van der Waals surface area contributed by atoms with Crippen LogP contribution in [0.4, 0.5) is 14.5 Å². The first-order valence-corrected chi connectivity index (χ1v) is 11.3. The van der Waals surface area contributed by atoms with Crippen molar-refractivity contribution in [2.45, 2.75) is 25.8 Å². The lowest BCUT2D eigenvalue weighted by atomic mass is 9.87. The molecule has 2 unspecified atom stereocenters. The molecule has 4 rings (SSSR count). The molecule has 8 heteroatoms. The summed E-state index contributed by atoms with van der Waals surface area (Å²) in [6.07, 6.45) is 0.396. The number of aryl methyl sites for hydroxylation is 1. The molecule has 0 saturated carbocycles. The summed E-state index contributed by atoms with van der Waals surface area (Å²) in [5.74, 6) is -3.98. The third-order valence-corrected chi connectivity index (χ3v) is 6.56. The first-order valence-electron chi connectivity index (χ1n) is 10.4. The minimum absolute atomic E-state index is 0.112. The van der Waals surface area contributed by atoms with Crippen molar-refractivity contribution in [2.24, 2.45) is 5.92 Å². The fraction of sp³-hybridized carbons (Fsp3) is 0.240. The Kier molecular flexibility index (Phi) is 6.65. The molecule has 1 aliphatic rings. The molecule has 0 radical (unpaired) electrons. The van der Waals surface area contributed by atoms with Crippen LogP contribution in [0.15, 0.2) is 60.0 Å².